The largest absolute Gasteiger partial charge is 0.265 e. The monoisotopic (exact) mass is 236 g/mol. The fraction of sp³-hybridized carbons (Fsp3) is 0.462. The van der Waals surface area contributed by atoms with E-state index < -0.39 is 0 Å². The highest BCUT2D eigenvalue weighted by atomic mass is 32.1. The summed E-state index contributed by atoms with van der Waals surface area (Å²) in [5.41, 5.74) is 3.34. The second kappa shape index (κ2) is 5.39. The molecule has 0 saturated carbocycles. The van der Waals surface area contributed by atoms with Crippen LogP contribution in [-0.4, -0.2) is 9.78 Å². The Morgan fingerprint density at radius 2 is 2.19 bits per heavy atom. The molecule has 0 spiro atoms. The van der Waals surface area contributed by atoms with Crippen LogP contribution in [0.5, 0.6) is 0 Å². The van der Waals surface area contributed by atoms with E-state index in [9.17, 15) is 0 Å². The van der Waals surface area contributed by atoms with Crippen LogP contribution in [0.1, 0.15) is 50.6 Å². The Balaban J connectivity index is 3.43. The molecule has 0 fully saturated rings. The number of thiol groups is 1. The van der Waals surface area contributed by atoms with E-state index in [1.807, 2.05) is 23.8 Å². The van der Waals surface area contributed by atoms with Gasteiger partial charge in [0.2, 0.25) is 0 Å². The van der Waals surface area contributed by atoms with E-state index in [1.54, 1.807) is 0 Å². The van der Waals surface area contributed by atoms with Crippen molar-refractivity contribution < 1.29 is 0 Å². The summed E-state index contributed by atoms with van der Waals surface area (Å²) >= 11 is 4.33. The zero-order valence-corrected chi connectivity index (χ0v) is 11.4. The van der Waals surface area contributed by atoms with Crippen molar-refractivity contribution in [2.75, 3.05) is 0 Å². The first-order valence-electron chi connectivity index (χ1n) is 5.61. The molecule has 0 aliphatic heterocycles. The third kappa shape index (κ3) is 2.59. The van der Waals surface area contributed by atoms with Crippen molar-refractivity contribution in [1.82, 2.24) is 9.78 Å². The van der Waals surface area contributed by atoms with Crippen LogP contribution in [0.3, 0.4) is 0 Å². The average molecular weight is 236 g/mol. The summed E-state index contributed by atoms with van der Waals surface area (Å²) < 4.78 is 2.01. The summed E-state index contributed by atoms with van der Waals surface area (Å²) in [6, 6.07) is 0. The van der Waals surface area contributed by atoms with Crippen molar-refractivity contribution in [1.29, 1.82) is 0 Å². The molecule has 0 amide bonds. The van der Waals surface area contributed by atoms with Gasteiger partial charge in [0.25, 0.3) is 0 Å². The molecule has 0 radical (unpaired) electrons. The maximum atomic E-state index is 4.62. The molecule has 0 atom stereocenters. The summed E-state index contributed by atoms with van der Waals surface area (Å²) in [4.78, 5) is 0.980. The molecule has 88 valence electrons. The van der Waals surface area contributed by atoms with Gasteiger partial charge < -0.3 is 0 Å². The van der Waals surface area contributed by atoms with Crippen LogP contribution >= 0.6 is 12.6 Å². The van der Waals surface area contributed by atoms with E-state index in [2.05, 4.69) is 45.1 Å². The van der Waals surface area contributed by atoms with Crippen molar-refractivity contribution in [3.8, 4) is 0 Å². The predicted molar refractivity (Wildman–Crippen MR) is 74.7 cm³/mol. The van der Waals surface area contributed by atoms with Crippen LogP contribution in [0.25, 0.3) is 12.2 Å². The predicted octanol–water partition coefficient (Wildman–Crippen LogP) is 3.96. The van der Waals surface area contributed by atoms with Gasteiger partial charge >= 0.3 is 0 Å². The lowest BCUT2D eigenvalue weighted by Gasteiger charge is -2.01. The summed E-state index contributed by atoms with van der Waals surface area (Å²) in [5, 5.41) is 4.62. The molecule has 0 aliphatic carbocycles. The lowest BCUT2D eigenvalue weighted by molar-refractivity contribution is 0.631. The quantitative estimate of drug-likeness (QED) is 0.783. The van der Waals surface area contributed by atoms with Gasteiger partial charge in [-0.15, -0.1) is 12.6 Å². The van der Waals surface area contributed by atoms with Gasteiger partial charge in [-0.3, -0.25) is 4.68 Å². The zero-order valence-electron chi connectivity index (χ0n) is 10.5. The lowest BCUT2D eigenvalue weighted by Crippen LogP contribution is -2.00. The number of nitrogens with zero attached hydrogens (tertiary/aromatic N) is 2. The Kier molecular flexibility index (Phi) is 4.42. The highest BCUT2D eigenvalue weighted by Gasteiger charge is 2.15. The molecule has 16 heavy (non-hydrogen) atoms. The van der Waals surface area contributed by atoms with Crippen LogP contribution in [-0.2, 0) is 6.54 Å². The fourth-order valence-corrected chi connectivity index (χ4v) is 1.86. The van der Waals surface area contributed by atoms with Crippen LogP contribution in [0.4, 0.5) is 0 Å². The van der Waals surface area contributed by atoms with E-state index in [4.69, 9.17) is 0 Å². The van der Waals surface area contributed by atoms with E-state index in [0.29, 0.717) is 5.92 Å². The molecule has 1 rings (SSSR count). The molecule has 0 N–H and O–H groups in total. The Bertz CT molecular complexity index is 410. The Morgan fingerprint density at radius 1 is 1.56 bits per heavy atom. The third-order valence-corrected chi connectivity index (χ3v) is 2.58. The van der Waals surface area contributed by atoms with Crippen LogP contribution < -0.4 is 0 Å². The minimum Gasteiger partial charge on any atom is -0.265 e. The molecule has 0 aliphatic rings. The van der Waals surface area contributed by atoms with Gasteiger partial charge in [0.1, 0.15) is 0 Å². The van der Waals surface area contributed by atoms with Gasteiger partial charge in [0.05, 0.1) is 11.4 Å². The molecule has 0 bridgehead atoms. The minimum absolute atomic E-state index is 0.410. The summed E-state index contributed by atoms with van der Waals surface area (Å²) in [6.07, 6.45) is 3.93. The van der Waals surface area contributed by atoms with Gasteiger partial charge in [-0.05, 0) is 30.7 Å². The van der Waals surface area contributed by atoms with Crippen molar-refractivity contribution in [3.05, 3.63) is 28.4 Å². The molecule has 1 aromatic heterocycles. The van der Waals surface area contributed by atoms with Crippen LogP contribution in [0.15, 0.2) is 11.5 Å². The van der Waals surface area contributed by atoms with Gasteiger partial charge in [-0.25, -0.2) is 0 Å². The number of hydrogen-bond acceptors (Lipinski definition) is 2. The molecule has 3 heteroatoms. The molecule has 1 heterocycles. The van der Waals surface area contributed by atoms with Crippen LogP contribution in [0.2, 0.25) is 0 Å². The normalized spacial score (nSPS) is 12.2. The van der Waals surface area contributed by atoms with Crippen molar-refractivity contribution in [3.63, 3.8) is 0 Å². The van der Waals surface area contributed by atoms with Crippen LogP contribution in [0, 0.1) is 0 Å². The molecule has 0 aromatic carbocycles. The number of aromatic nitrogens is 2. The maximum Gasteiger partial charge on any atom is 0.0728 e. The van der Waals surface area contributed by atoms with E-state index in [0.717, 1.165) is 28.4 Å². The lowest BCUT2D eigenvalue weighted by atomic mass is 10.0. The minimum atomic E-state index is 0.410. The molecular weight excluding hydrogens is 216 g/mol. The van der Waals surface area contributed by atoms with Gasteiger partial charge in [-0.2, -0.15) is 5.10 Å². The number of allylic oxidation sites excluding steroid dienone is 1. The second-order valence-corrected chi connectivity index (χ2v) is 4.85. The molecule has 2 nitrogen and oxygen atoms in total. The first-order chi connectivity index (χ1) is 7.51. The first kappa shape index (κ1) is 13.1. The van der Waals surface area contributed by atoms with E-state index >= 15 is 0 Å². The molecule has 1 aromatic rings. The maximum absolute atomic E-state index is 4.62. The van der Waals surface area contributed by atoms with E-state index in [1.165, 1.54) is 0 Å². The number of hydrogen-bond donors (Lipinski definition) is 1. The Labute approximate surface area is 103 Å². The summed E-state index contributed by atoms with van der Waals surface area (Å²) in [5.74, 6) is 0.410. The van der Waals surface area contributed by atoms with Crippen molar-refractivity contribution in [2.24, 2.45) is 0 Å². The third-order valence-electron chi connectivity index (χ3n) is 2.45. The Hall–Kier alpha value is -0.960. The Morgan fingerprint density at radius 3 is 2.56 bits per heavy atom. The standard InChI is InChI=1S/C13H20N2S/c1-6-11-12(8-10(5)16)15(7-2)14-13(11)9(3)4/h6,8-9,16H,1,7H2,2-5H3/b10-8+. The number of rotatable bonds is 4. The molecular formula is C13H20N2S. The molecule has 0 saturated heterocycles. The summed E-state index contributed by atoms with van der Waals surface area (Å²) in [7, 11) is 0. The summed E-state index contributed by atoms with van der Waals surface area (Å²) in [6.45, 7) is 13.1. The fourth-order valence-electron chi connectivity index (χ4n) is 1.73. The average Bonchev–Trinajstić information content (AvgIpc) is 2.55. The SMILES string of the molecule is C=Cc1c(C(C)C)nn(CC)c1/C=C(\C)S. The van der Waals surface area contributed by atoms with Gasteiger partial charge in [0, 0.05) is 12.1 Å². The highest BCUT2D eigenvalue weighted by molar-refractivity contribution is 7.84. The first-order valence-corrected chi connectivity index (χ1v) is 6.06. The van der Waals surface area contributed by atoms with E-state index in [-0.39, 0.29) is 0 Å². The number of aryl methyl sites for hydroxylation is 1. The van der Waals surface area contributed by atoms with Crippen molar-refractivity contribution in [2.45, 2.75) is 40.2 Å². The van der Waals surface area contributed by atoms with Gasteiger partial charge in [0.15, 0.2) is 0 Å². The van der Waals surface area contributed by atoms with Gasteiger partial charge in [-0.1, -0.05) is 26.5 Å². The van der Waals surface area contributed by atoms with Crippen molar-refractivity contribution >= 4 is 24.8 Å². The second-order valence-electron chi connectivity index (χ2n) is 4.14. The highest BCUT2D eigenvalue weighted by Crippen LogP contribution is 2.25. The smallest absolute Gasteiger partial charge is 0.0728 e. The topological polar surface area (TPSA) is 17.8 Å². The zero-order chi connectivity index (χ0) is 12.3. The molecule has 0 unspecified atom stereocenters.